The number of hydrogen-bond acceptors (Lipinski definition) is 3. The van der Waals surface area contributed by atoms with E-state index in [1.54, 1.807) is 0 Å². The highest BCUT2D eigenvalue weighted by molar-refractivity contribution is 14.0. The summed E-state index contributed by atoms with van der Waals surface area (Å²) < 4.78 is 5.83. The standard InChI is InChI=1S/C19H35N3OS.HI/c1-20-17(21-15-18(7-6-8-18)11-13-23-2)22-12-14-24-19(16-22)9-4-3-5-10-19;/h3-16H2,1-2H3,(H,20,21);1H. The molecule has 3 rings (SSSR count). The molecule has 1 heterocycles. The monoisotopic (exact) mass is 481 g/mol. The molecule has 1 saturated heterocycles. The number of thioether (sulfide) groups is 1. The van der Waals surface area contributed by atoms with E-state index in [0.29, 0.717) is 10.2 Å². The Kier molecular flexibility index (Phi) is 8.66. The lowest BCUT2D eigenvalue weighted by molar-refractivity contribution is 0.0725. The van der Waals surface area contributed by atoms with Crippen LogP contribution in [0.5, 0.6) is 0 Å². The third-order valence-corrected chi connectivity index (χ3v) is 7.93. The van der Waals surface area contributed by atoms with Gasteiger partial charge in [-0.05, 0) is 37.5 Å². The number of hydrogen-bond donors (Lipinski definition) is 1. The second kappa shape index (κ2) is 10.0. The van der Waals surface area contributed by atoms with Crippen LogP contribution in [0, 0.1) is 5.41 Å². The first kappa shape index (κ1) is 21.6. The van der Waals surface area contributed by atoms with E-state index in [9.17, 15) is 0 Å². The number of guanidine groups is 1. The molecule has 1 aliphatic heterocycles. The van der Waals surface area contributed by atoms with Gasteiger partial charge in [-0.1, -0.05) is 25.7 Å². The Bertz CT molecular complexity index is 431. The third kappa shape index (κ3) is 5.41. The van der Waals surface area contributed by atoms with Gasteiger partial charge in [-0.15, -0.1) is 24.0 Å². The van der Waals surface area contributed by atoms with Crippen molar-refractivity contribution in [2.75, 3.05) is 46.2 Å². The number of halogens is 1. The van der Waals surface area contributed by atoms with Crippen molar-refractivity contribution in [3.05, 3.63) is 0 Å². The molecule has 0 aromatic heterocycles. The van der Waals surface area contributed by atoms with E-state index < -0.39 is 0 Å². The summed E-state index contributed by atoms with van der Waals surface area (Å²) in [6, 6.07) is 0. The fraction of sp³-hybridized carbons (Fsp3) is 0.947. The van der Waals surface area contributed by atoms with Crippen LogP contribution in [0.3, 0.4) is 0 Å². The first-order valence-electron chi connectivity index (χ1n) is 9.80. The normalized spacial score (nSPS) is 25.2. The predicted molar refractivity (Wildman–Crippen MR) is 119 cm³/mol. The van der Waals surface area contributed by atoms with Crippen LogP contribution in [-0.2, 0) is 4.74 Å². The summed E-state index contributed by atoms with van der Waals surface area (Å²) >= 11 is 2.23. The maximum Gasteiger partial charge on any atom is 0.193 e. The second-order valence-electron chi connectivity index (χ2n) is 8.01. The molecule has 0 bridgehead atoms. The van der Waals surface area contributed by atoms with Crippen LogP contribution in [0.1, 0.15) is 57.8 Å². The summed E-state index contributed by atoms with van der Waals surface area (Å²) in [5.74, 6) is 2.37. The van der Waals surface area contributed by atoms with Crippen LogP contribution < -0.4 is 5.32 Å². The van der Waals surface area contributed by atoms with E-state index in [-0.39, 0.29) is 24.0 Å². The van der Waals surface area contributed by atoms with Gasteiger partial charge in [-0.2, -0.15) is 11.8 Å². The largest absolute Gasteiger partial charge is 0.385 e. The van der Waals surface area contributed by atoms with Crippen molar-refractivity contribution in [1.29, 1.82) is 0 Å². The smallest absolute Gasteiger partial charge is 0.193 e. The van der Waals surface area contributed by atoms with E-state index in [1.807, 2.05) is 14.2 Å². The highest BCUT2D eigenvalue weighted by Crippen LogP contribution is 2.44. The van der Waals surface area contributed by atoms with Crippen molar-refractivity contribution in [3.63, 3.8) is 0 Å². The van der Waals surface area contributed by atoms with Gasteiger partial charge >= 0.3 is 0 Å². The number of rotatable bonds is 5. The Labute approximate surface area is 175 Å². The Morgan fingerprint density at radius 2 is 1.92 bits per heavy atom. The second-order valence-corrected chi connectivity index (χ2v) is 9.57. The molecule has 6 heteroatoms. The minimum Gasteiger partial charge on any atom is -0.385 e. The highest BCUT2D eigenvalue weighted by atomic mass is 127. The van der Waals surface area contributed by atoms with Gasteiger partial charge in [0.25, 0.3) is 0 Å². The Hall–Kier alpha value is 0.310. The molecular weight excluding hydrogens is 445 g/mol. The van der Waals surface area contributed by atoms with Crippen LogP contribution in [0.2, 0.25) is 0 Å². The summed E-state index contributed by atoms with van der Waals surface area (Å²) in [5.41, 5.74) is 0.443. The summed E-state index contributed by atoms with van der Waals surface area (Å²) in [5, 5.41) is 3.72. The number of ether oxygens (including phenoxy) is 1. The quantitative estimate of drug-likeness (QED) is 0.364. The summed E-state index contributed by atoms with van der Waals surface area (Å²) in [4.78, 5) is 7.15. The van der Waals surface area contributed by atoms with Crippen LogP contribution >= 0.6 is 35.7 Å². The highest BCUT2D eigenvalue weighted by Gasteiger charge is 2.40. The maximum atomic E-state index is 5.33. The molecule has 1 N–H and O–H groups in total. The van der Waals surface area contributed by atoms with Crippen molar-refractivity contribution >= 4 is 41.7 Å². The topological polar surface area (TPSA) is 36.9 Å². The molecule has 25 heavy (non-hydrogen) atoms. The van der Waals surface area contributed by atoms with Gasteiger partial charge in [0.2, 0.25) is 0 Å². The number of nitrogens with one attached hydrogen (secondary N) is 1. The molecule has 0 aromatic carbocycles. The average molecular weight is 481 g/mol. The van der Waals surface area contributed by atoms with Gasteiger partial charge < -0.3 is 15.0 Å². The van der Waals surface area contributed by atoms with Crippen LogP contribution in [0.4, 0.5) is 0 Å². The summed E-state index contributed by atoms with van der Waals surface area (Å²) in [7, 11) is 3.76. The molecule has 146 valence electrons. The van der Waals surface area contributed by atoms with E-state index in [1.165, 1.54) is 70.1 Å². The molecule has 2 saturated carbocycles. The molecule has 0 aromatic rings. The van der Waals surface area contributed by atoms with Gasteiger partial charge in [-0.3, -0.25) is 4.99 Å². The zero-order valence-corrected chi connectivity index (χ0v) is 19.2. The van der Waals surface area contributed by atoms with E-state index in [2.05, 4.69) is 27.0 Å². The molecule has 0 radical (unpaired) electrons. The molecule has 1 spiro atoms. The lowest BCUT2D eigenvalue weighted by Crippen LogP contribution is -2.55. The first-order chi connectivity index (χ1) is 11.7. The van der Waals surface area contributed by atoms with Crippen molar-refractivity contribution in [1.82, 2.24) is 10.2 Å². The minimum absolute atomic E-state index is 0. The fourth-order valence-electron chi connectivity index (χ4n) is 4.63. The maximum absolute atomic E-state index is 5.33. The molecule has 0 amide bonds. The van der Waals surface area contributed by atoms with E-state index >= 15 is 0 Å². The van der Waals surface area contributed by atoms with Gasteiger partial charge in [-0.25, -0.2) is 0 Å². The molecule has 3 fully saturated rings. The zero-order chi connectivity index (χ0) is 16.9. The SMILES string of the molecule is CN=C(NCC1(CCOC)CCC1)N1CCSC2(CCCCC2)C1.I. The molecule has 0 unspecified atom stereocenters. The molecular formula is C19H36IN3OS. The molecule has 3 aliphatic rings. The summed E-state index contributed by atoms with van der Waals surface area (Å²) in [6.07, 6.45) is 12.2. The minimum atomic E-state index is 0. The third-order valence-electron chi connectivity index (χ3n) is 6.40. The zero-order valence-electron chi connectivity index (χ0n) is 16.0. The van der Waals surface area contributed by atoms with Crippen molar-refractivity contribution in [2.45, 2.75) is 62.5 Å². The van der Waals surface area contributed by atoms with Crippen LogP contribution in [-0.4, -0.2) is 61.8 Å². The van der Waals surface area contributed by atoms with Crippen LogP contribution in [0.15, 0.2) is 4.99 Å². The molecule has 4 nitrogen and oxygen atoms in total. The van der Waals surface area contributed by atoms with Gasteiger partial charge in [0, 0.05) is 50.9 Å². The molecule has 0 atom stereocenters. The first-order valence-corrected chi connectivity index (χ1v) is 10.8. The van der Waals surface area contributed by atoms with Gasteiger partial charge in [0.1, 0.15) is 0 Å². The van der Waals surface area contributed by atoms with Gasteiger partial charge in [0.15, 0.2) is 5.96 Å². The van der Waals surface area contributed by atoms with Crippen molar-refractivity contribution in [2.24, 2.45) is 10.4 Å². The number of methoxy groups -OCH3 is 1. The average Bonchev–Trinajstić information content (AvgIpc) is 2.57. The summed E-state index contributed by atoms with van der Waals surface area (Å²) in [6.45, 7) is 4.25. The van der Waals surface area contributed by atoms with Gasteiger partial charge in [0.05, 0.1) is 0 Å². The Balaban J connectivity index is 0.00000225. The Morgan fingerprint density at radius 1 is 1.16 bits per heavy atom. The number of aliphatic imine (C=N–C) groups is 1. The lowest BCUT2D eigenvalue weighted by atomic mass is 9.67. The lowest BCUT2D eigenvalue weighted by Gasteiger charge is -2.47. The predicted octanol–water partition coefficient (Wildman–Crippen LogP) is 4.14. The van der Waals surface area contributed by atoms with Crippen molar-refractivity contribution < 1.29 is 4.74 Å². The van der Waals surface area contributed by atoms with E-state index in [0.717, 1.165) is 25.7 Å². The fourth-order valence-corrected chi connectivity index (χ4v) is 6.20. The Morgan fingerprint density at radius 3 is 2.52 bits per heavy atom. The van der Waals surface area contributed by atoms with E-state index in [4.69, 9.17) is 4.74 Å². The van der Waals surface area contributed by atoms with Crippen LogP contribution in [0.25, 0.3) is 0 Å². The molecule has 2 aliphatic carbocycles. The number of nitrogens with zero attached hydrogens (tertiary/aromatic N) is 2. The van der Waals surface area contributed by atoms with Crippen molar-refractivity contribution in [3.8, 4) is 0 Å².